The van der Waals surface area contributed by atoms with Crippen LogP contribution in [0.15, 0.2) is 18.2 Å². The standard InChI is InChI=1S/C14H17FN2O3/c1-20-14(19)9-4-5-12(11(15)7-9)17-13(18)10-3-2-6-16-8-10/h4-5,7,10,16H,2-3,6,8H2,1H3,(H,17,18). The minimum Gasteiger partial charge on any atom is -0.465 e. The molecule has 0 radical (unpaired) electrons. The number of benzene rings is 1. The molecule has 2 rings (SSSR count). The van der Waals surface area contributed by atoms with Gasteiger partial charge in [-0.2, -0.15) is 0 Å². The fourth-order valence-electron chi connectivity index (χ4n) is 2.17. The summed E-state index contributed by atoms with van der Waals surface area (Å²) in [5.74, 6) is -1.62. The second kappa shape index (κ2) is 6.47. The number of carbonyl (C=O) groups is 2. The Balaban J connectivity index is 2.05. The number of hydrogen-bond acceptors (Lipinski definition) is 4. The van der Waals surface area contributed by atoms with E-state index in [1.165, 1.54) is 19.2 Å². The zero-order chi connectivity index (χ0) is 14.5. The highest BCUT2D eigenvalue weighted by Gasteiger charge is 2.22. The second-order valence-electron chi connectivity index (χ2n) is 4.72. The van der Waals surface area contributed by atoms with Gasteiger partial charge < -0.3 is 15.4 Å². The predicted octanol–water partition coefficient (Wildman–Crippen LogP) is 1.55. The van der Waals surface area contributed by atoms with Gasteiger partial charge in [-0.25, -0.2) is 9.18 Å². The molecule has 0 aromatic heterocycles. The average Bonchev–Trinajstić information content (AvgIpc) is 2.49. The smallest absolute Gasteiger partial charge is 0.337 e. The zero-order valence-corrected chi connectivity index (χ0v) is 11.2. The van der Waals surface area contributed by atoms with Crippen LogP contribution in [0.4, 0.5) is 10.1 Å². The predicted molar refractivity (Wildman–Crippen MR) is 72.0 cm³/mol. The third-order valence-electron chi connectivity index (χ3n) is 3.32. The van der Waals surface area contributed by atoms with Gasteiger partial charge in [-0.05, 0) is 37.6 Å². The van der Waals surface area contributed by atoms with E-state index in [2.05, 4.69) is 15.4 Å². The van der Waals surface area contributed by atoms with Crippen molar-refractivity contribution in [1.82, 2.24) is 5.32 Å². The lowest BCUT2D eigenvalue weighted by Crippen LogP contribution is -2.37. The molecule has 1 fully saturated rings. The van der Waals surface area contributed by atoms with Crippen LogP contribution in [-0.2, 0) is 9.53 Å². The summed E-state index contributed by atoms with van der Waals surface area (Å²) in [6.45, 7) is 1.51. The number of amides is 1. The Morgan fingerprint density at radius 1 is 1.45 bits per heavy atom. The molecule has 0 bridgehead atoms. The lowest BCUT2D eigenvalue weighted by molar-refractivity contribution is -0.120. The average molecular weight is 280 g/mol. The first-order chi connectivity index (χ1) is 9.61. The Morgan fingerprint density at radius 3 is 2.85 bits per heavy atom. The number of nitrogens with one attached hydrogen (secondary N) is 2. The summed E-state index contributed by atoms with van der Waals surface area (Å²) in [7, 11) is 1.23. The van der Waals surface area contributed by atoms with Crippen LogP contribution in [0, 0.1) is 11.7 Å². The molecule has 20 heavy (non-hydrogen) atoms. The lowest BCUT2D eigenvalue weighted by atomic mass is 9.99. The van der Waals surface area contributed by atoms with Gasteiger partial charge in [0, 0.05) is 6.54 Å². The van der Waals surface area contributed by atoms with Crippen LogP contribution in [0.2, 0.25) is 0 Å². The van der Waals surface area contributed by atoms with Gasteiger partial charge in [0.15, 0.2) is 0 Å². The van der Waals surface area contributed by atoms with Gasteiger partial charge in [0.1, 0.15) is 5.82 Å². The molecule has 1 saturated heterocycles. The molecule has 0 aliphatic carbocycles. The third-order valence-corrected chi connectivity index (χ3v) is 3.32. The Morgan fingerprint density at radius 2 is 2.25 bits per heavy atom. The van der Waals surface area contributed by atoms with Crippen molar-refractivity contribution in [3.05, 3.63) is 29.6 Å². The van der Waals surface area contributed by atoms with E-state index in [9.17, 15) is 14.0 Å². The molecule has 2 N–H and O–H groups in total. The minimum absolute atomic E-state index is 0.0771. The molecule has 1 heterocycles. The molecule has 108 valence electrons. The van der Waals surface area contributed by atoms with Gasteiger partial charge in [-0.15, -0.1) is 0 Å². The van der Waals surface area contributed by atoms with Gasteiger partial charge in [0.05, 0.1) is 24.3 Å². The number of anilines is 1. The van der Waals surface area contributed by atoms with E-state index in [0.29, 0.717) is 6.54 Å². The first kappa shape index (κ1) is 14.5. The van der Waals surface area contributed by atoms with Crippen LogP contribution in [0.5, 0.6) is 0 Å². The van der Waals surface area contributed by atoms with Gasteiger partial charge in [-0.3, -0.25) is 4.79 Å². The third kappa shape index (κ3) is 3.33. The van der Waals surface area contributed by atoms with Crippen molar-refractivity contribution in [2.45, 2.75) is 12.8 Å². The fourth-order valence-corrected chi connectivity index (χ4v) is 2.17. The van der Waals surface area contributed by atoms with Gasteiger partial charge in [0.25, 0.3) is 0 Å². The van der Waals surface area contributed by atoms with Crippen molar-refractivity contribution in [2.75, 3.05) is 25.5 Å². The highest BCUT2D eigenvalue weighted by Crippen LogP contribution is 2.19. The van der Waals surface area contributed by atoms with Gasteiger partial charge in [-0.1, -0.05) is 0 Å². The summed E-state index contributed by atoms with van der Waals surface area (Å²) in [6, 6.07) is 3.85. The van der Waals surface area contributed by atoms with Crippen molar-refractivity contribution >= 4 is 17.6 Å². The van der Waals surface area contributed by atoms with Gasteiger partial charge in [0.2, 0.25) is 5.91 Å². The van der Waals surface area contributed by atoms with Crippen molar-refractivity contribution < 1.29 is 18.7 Å². The molecule has 5 nitrogen and oxygen atoms in total. The monoisotopic (exact) mass is 280 g/mol. The molecule has 1 aliphatic rings. The second-order valence-corrected chi connectivity index (χ2v) is 4.72. The molecule has 1 aliphatic heterocycles. The maximum atomic E-state index is 13.8. The van der Waals surface area contributed by atoms with Crippen LogP contribution >= 0.6 is 0 Å². The Kier molecular flexibility index (Phi) is 4.68. The minimum atomic E-state index is -0.648. The summed E-state index contributed by atoms with van der Waals surface area (Å²) < 4.78 is 18.3. The quantitative estimate of drug-likeness (QED) is 0.824. The molecular weight excluding hydrogens is 263 g/mol. The van der Waals surface area contributed by atoms with Crippen LogP contribution < -0.4 is 10.6 Å². The summed E-state index contributed by atoms with van der Waals surface area (Å²) in [5, 5.41) is 5.69. The lowest BCUT2D eigenvalue weighted by Gasteiger charge is -2.22. The maximum Gasteiger partial charge on any atom is 0.337 e. The Bertz CT molecular complexity index is 513. The van der Waals surface area contributed by atoms with E-state index >= 15 is 0 Å². The van der Waals surface area contributed by atoms with E-state index in [0.717, 1.165) is 25.5 Å². The molecule has 1 aromatic carbocycles. The Hall–Kier alpha value is -1.95. The SMILES string of the molecule is COC(=O)c1ccc(NC(=O)C2CCCNC2)c(F)c1. The molecule has 1 atom stereocenters. The van der Waals surface area contributed by atoms with Crippen molar-refractivity contribution in [2.24, 2.45) is 5.92 Å². The van der Waals surface area contributed by atoms with Gasteiger partial charge >= 0.3 is 5.97 Å². The summed E-state index contributed by atoms with van der Waals surface area (Å²) in [6.07, 6.45) is 1.72. The first-order valence-corrected chi connectivity index (χ1v) is 6.51. The molecule has 0 saturated carbocycles. The molecule has 6 heteroatoms. The molecule has 1 aromatic rings. The molecular formula is C14H17FN2O3. The van der Waals surface area contributed by atoms with Crippen molar-refractivity contribution in [1.29, 1.82) is 0 Å². The van der Waals surface area contributed by atoms with Crippen LogP contribution in [0.1, 0.15) is 23.2 Å². The van der Waals surface area contributed by atoms with E-state index in [1.54, 1.807) is 0 Å². The summed E-state index contributed by atoms with van der Waals surface area (Å²) in [4.78, 5) is 23.2. The normalized spacial score (nSPS) is 18.4. The van der Waals surface area contributed by atoms with E-state index in [-0.39, 0.29) is 23.1 Å². The van der Waals surface area contributed by atoms with Crippen LogP contribution in [0.25, 0.3) is 0 Å². The zero-order valence-electron chi connectivity index (χ0n) is 11.2. The number of piperidine rings is 1. The molecule has 1 amide bonds. The van der Waals surface area contributed by atoms with Crippen molar-refractivity contribution in [3.63, 3.8) is 0 Å². The number of ether oxygens (including phenoxy) is 1. The van der Waals surface area contributed by atoms with E-state index in [4.69, 9.17) is 0 Å². The van der Waals surface area contributed by atoms with Crippen LogP contribution in [0.3, 0.4) is 0 Å². The van der Waals surface area contributed by atoms with E-state index < -0.39 is 11.8 Å². The topological polar surface area (TPSA) is 67.4 Å². The molecule has 1 unspecified atom stereocenters. The highest BCUT2D eigenvalue weighted by molar-refractivity contribution is 5.94. The number of carbonyl (C=O) groups excluding carboxylic acids is 2. The maximum absolute atomic E-state index is 13.8. The van der Waals surface area contributed by atoms with Crippen LogP contribution in [-0.4, -0.2) is 32.1 Å². The largest absolute Gasteiger partial charge is 0.465 e. The number of methoxy groups -OCH3 is 1. The summed E-state index contributed by atoms with van der Waals surface area (Å²) >= 11 is 0. The number of esters is 1. The highest BCUT2D eigenvalue weighted by atomic mass is 19.1. The fraction of sp³-hybridized carbons (Fsp3) is 0.429. The number of hydrogen-bond donors (Lipinski definition) is 2. The first-order valence-electron chi connectivity index (χ1n) is 6.51. The number of halogens is 1. The molecule has 0 spiro atoms. The van der Waals surface area contributed by atoms with Crippen molar-refractivity contribution in [3.8, 4) is 0 Å². The number of rotatable bonds is 3. The Labute approximate surface area is 116 Å². The summed E-state index contributed by atoms with van der Waals surface area (Å²) in [5.41, 5.74) is 0.190. The van der Waals surface area contributed by atoms with E-state index in [1.807, 2.05) is 0 Å².